The second-order valence-corrected chi connectivity index (χ2v) is 4.97. The van der Waals surface area contributed by atoms with Crippen LogP contribution in [-0.2, 0) is 0 Å². The average Bonchev–Trinajstić information content (AvgIpc) is 3.15. The summed E-state index contributed by atoms with van der Waals surface area (Å²) in [4.78, 5) is 4.45. The lowest BCUT2D eigenvalue weighted by molar-refractivity contribution is 0.547. The molecule has 1 aromatic carbocycles. The second kappa shape index (κ2) is 4.63. The summed E-state index contributed by atoms with van der Waals surface area (Å²) in [5, 5.41) is 7.77. The lowest BCUT2D eigenvalue weighted by Gasteiger charge is -2.23. The van der Waals surface area contributed by atoms with Crippen LogP contribution in [0.5, 0.6) is 0 Å². The van der Waals surface area contributed by atoms with Crippen LogP contribution in [0.15, 0.2) is 59.2 Å². The van der Waals surface area contributed by atoms with Gasteiger partial charge in [-0.2, -0.15) is 10.1 Å². The molecule has 0 amide bonds. The summed E-state index contributed by atoms with van der Waals surface area (Å²) < 4.78 is 7.39. The zero-order valence-electron chi connectivity index (χ0n) is 11.5. The van der Waals surface area contributed by atoms with Crippen LogP contribution in [0.4, 0.5) is 5.95 Å². The molecule has 1 aliphatic rings. The average molecular weight is 278 g/mol. The summed E-state index contributed by atoms with van der Waals surface area (Å²) in [5.41, 5.74) is 2.07. The molecular formula is C16H14N4O. The number of benzene rings is 1. The van der Waals surface area contributed by atoms with E-state index >= 15 is 0 Å². The summed E-state index contributed by atoms with van der Waals surface area (Å²) >= 11 is 0. The standard InChI is InChI=1S/C16H14N4O/c1-11-17-16-18-13(15-8-5-9-21-15)10-14(20(16)19-11)12-6-3-2-4-7-12/h2-10,14H,1H3,(H,17,18,19)/t14-/m0/s1. The molecule has 0 aliphatic carbocycles. The van der Waals surface area contributed by atoms with Crippen LogP contribution in [0.3, 0.4) is 0 Å². The van der Waals surface area contributed by atoms with E-state index in [1.807, 2.05) is 41.9 Å². The third-order valence-electron chi connectivity index (χ3n) is 3.50. The van der Waals surface area contributed by atoms with Crippen LogP contribution >= 0.6 is 0 Å². The van der Waals surface area contributed by atoms with Crippen LogP contribution in [0.1, 0.15) is 23.2 Å². The normalized spacial score (nSPS) is 17.0. The summed E-state index contributed by atoms with van der Waals surface area (Å²) in [6.07, 6.45) is 3.77. The van der Waals surface area contributed by atoms with Crippen molar-refractivity contribution >= 4 is 11.6 Å². The van der Waals surface area contributed by atoms with Crippen LogP contribution in [0, 0.1) is 6.92 Å². The Morgan fingerprint density at radius 1 is 1.14 bits per heavy atom. The predicted molar refractivity (Wildman–Crippen MR) is 79.6 cm³/mol. The first-order valence-corrected chi connectivity index (χ1v) is 6.82. The van der Waals surface area contributed by atoms with Crippen molar-refractivity contribution in [3.05, 3.63) is 72.0 Å². The molecular weight excluding hydrogens is 264 g/mol. The first kappa shape index (κ1) is 12.0. The molecule has 0 spiro atoms. The van der Waals surface area contributed by atoms with E-state index in [0.717, 1.165) is 28.8 Å². The Hall–Kier alpha value is -2.82. The molecule has 104 valence electrons. The molecule has 5 heteroatoms. The van der Waals surface area contributed by atoms with E-state index in [2.05, 4.69) is 33.6 Å². The minimum absolute atomic E-state index is 0.00347. The third-order valence-corrected chi connectivity index (χ3v) is 3.50. The fourth-order valence-corrected chi connectivity index (χ4v) is 2.56. The highest BCUT2D eigenvalue weighted by atomic mass is 16.3. The van der Waals surface area contributed by atoms with Gasteiger partial charge in [-0.3, -0.25) is 0 Å². The van der Waals surface area contributed by atoms with E-state index in [1.54, 1.807) is 6.26 Å². The fourth-order valence-electron chi connectivity index (χ4n) is 2.56. The summed E-state index contributed by atoms with van der Waals surface area (Å²) in [6, 6.07) is 14.1. The third kappa shape index (κ3) is 2.03. The minimum Gasteiger partial charge on any atom is -0.463 e. The molecule has 0 saturated heterocycles. The van der Waals surface area contributed by atoms with Crippen LogP contribution in [0.2, 0.25) is 0 Å². The lowest BCUT2D eigenvalue weighted by Crippen LogP contribution is -2.20. The van der Waals surface area contributed by atoms with Crippen LogP contribution < -0.4 is 5.32 Å². The summed E-state index contributed by atoms with van der Waals surface area (Å²) in [6.45, 7) is 1.89. The number of aryl methyl sites for hydroxylation is 1. The van der Waals surface area contributed by atoms with Gasteiger partial charge in [0.1, 0.15) is 17.6 Å². The Morgan fingerprint density at radius 2 is 2.00 bits per heavy atom. The van der Waals surface area contributed by atoms with Crippen molar-refractivity contribution in [3.8, 4) is 0 Å². The zero-order valence-corrected chi connectivity index (χ0v) is 11.5. The monoisotopic (exact) mass is 278 g/mol. The quantitative estimate of drug-likeness (QED) is 0.782. The maximum absolute atomic E-state index is 5.49. The van der Waals surface area contributed by atoms with Crippen molar-refractivity contribution in [1.29, 1.82) is 0 Å². The highest BCUT2D eigenvalue weighted by Crippen LogP contribution is 2.32. The van der Waals surface area contributed by atoms with E-state index in [1.165, 1.54) is 0 Å². The molecule has 2 aromatic heterocycles. The van der Waals surface area contributed by atoms with Gasteiger partial charge in [0.25, 0.3) is 0 Å². The fraction of sp³-hybridized carbons (Fsp3) is 0.125. The first-order valence-electron chi connectivity index (χ1n) is 6.82. The molecule has 0 saturated carbocycles. The number of fused-ring (bicyclic) bond motifs is 1. The van der Waals surface area contributed by atoms with Crippen LogP contribution in [0.25, 0.3) is 5.70 Å². The Bertz CT molecular complexity index is 787. The van der Waals surface area contributed by atoms with E-state index in [4.69, 9.17) is 4.42 Å². The van der Waals surface area contributed by atoms with Gasteiger partial charge in [-0.05, 0) is 30.7 Å². The second-order valence-electron chi connectivity index (χ2n) is 4.97. The molecule has 0 unspecified atom stereocenters. The Kier molecular flexibility index (Phi) is 2.64. The smallest absolute Gasteiger partial charge is 0.226 e. The number of anilines is 1. The molecule has 0 radical (unpaired) electrons. The van der Waals surface area contributed by atoms with Gasteiger partial charge >= 0.3 is 0 Å². The molecule has 3 heterocycles. The summed E-state index contributed by atoms with van der Waals surface area (Å²) in [5.74, 6) is 2.27. The number of nitrogens with one attached hydrogen (secondary N) is 1. The van der Waals surface area contributed by atoms with Crippen LogP contribution in [-0.4, -0.2) is 14.8 Å². The van der Waals surface area contributed by atoms with Crippen molar-refractivity contribution < 1.29 is 4.42 Å². The minimum atomic E-state index is 0.00347. The number of rotatable bonds is 2. The van der Waals surface area contributed by atoms with E-state index in [0.29, 0.717) is 0 Å². The van der Waals surface area contributed by atoms with Gasteiger partial charge in [-0.25, -0.2) is 4.68 Å². The van der Waals surface area contributed by atoms with E-state index in [9.17, 15) is 0 Å². The van der Waals surface area contributed by atoms with Crippen molar-refractivity contribution in [2.45, 2.75) is 13.0 Å². The van der Waals surface area contributed by atoms with Gasteiger partial charge in [-0.1, -0.05) is 30.3 Å². The number of aromatic nitrogens is 3. The molecule has 1 N–H and O–H groups in total. The van der Waals surface area contributed by atoms with Crippen molar-refractivity contribution in [2.24, 2.45) is 0 Å². The molecule has 1 aliphatic heterocycles. The first-order chi connectivity index (χ1) is 10.3. The largest absolute Gasteiger partial charge is 0.463 e. The van der Waals surface area contributed by atoms with E-state index < -0.39 is 0 Å². The molecule has 0 bridgehead atoms. The maximum Gasteiger partial charge on any atom is 0.226 e. The molecule has 21 heavy (non-hydrogen) atoms. The molecule has 1 atom stereocenters. The maximum atomic E-state index is 5.49. The lowest BCUT2D eigenvalue weighted by atomic mass is 10.0. The highest BCUT2D eigenvalue weighted by molar-refractivity contribution is 5.74. The Labute approximate surface area is 121 Å². The highest BCUT2D eigenvalue weighted by Gasteiger charge is 2.25. The number of hydrogen-bond donors (Lipinski definition) is 1. The van der Waals surface area contributed by atoms with Gasteiger partial charge in [0, 0.05) is 0 Å². The van der Waals surface area contributed by atoms with E-state index in [-0.39, 0.29) is 6.04 Å². The molecule has 3 aromatic rings. The Balaban J connectivity index is 1.85. The molecule has 0 fully saturated rings. The predicted octanol–water partition coefficient (Wildman–Crippen LogP) is 3.24. The number of nitrogens with zero attached hydrogens (tertiary/aromatic N) is 3. The SMILES string of the molecule is Cc1nc2n(n1)[C@H](c1ccccc1)C=C(c1ccco1)N2. The van der Waals surface area contributed by atoms with Gasteiger partial charge in [0.15, 0.2) is 0 Å². The number of hydrogen-bond acceptors (Lipinski definition) is 4. The number of allylic oxidation sites excluding steroid dienone is 1. The Morgan fingerprint density at radius 3 is 2.76 bits per heavy atom. The van der Waals surface area contributed by atoms with Gasteiger partial charge in [0.2, 0.25) is 5.95 Å². The van der Waals surface area contributed by atoms with Crippen molar-refractivity contribution in [1.82, 2.24) is 14.8 Å². The van der Waals surface area contributed by atoms with Crippen molar-refractivity contribution in [2.75, 3.05) is 5.32 Å². The molecule has 4 rings (SSSR count). The topological polar surface area (TPSA) is 55.9 Å². The zero-order chi connectivity index (χ0) is 14.2. The summed E-state index contributed by atoms with van der Waals surface area (Å²) in [7, 11) is 0. The van der Waals surface area contributed by atoms with Gasteiger partial charge in [-0.15, -0.1) is 0 Å². The van der Waals surface area contributed by atoms with Gasteiger partial charge in [0.05, 0.1) is 12.0 Å². The number of furan rings is 1. The molecule has 5 nitrogen and oxygen atoms in total. The van der Waals surface area contributed by atoms with Crippen molar-refractivity contribution in [3.63, 3.8) is 0 Å². The van der Waals surface area contributed by atoms with Gasteiger partial charge < -0.3 is 9.73 Å².